The fraction of sp³-hybridized carbons (Fsp3) is 0.143. The van der Waals surface area contributed by atoms with E-state index in [-0.39, 0.29) is 5.91 Å². The first kappa shape index (κ1) is 18.9. The average molecular weight is 372 g/mol. The fourth-order valence-electron chi connectivity index (χ4n) is 2.99. The highest BCUT2D eigenvalue weighted by atomic mass is 16.1. The number of hydrogen-bond acceptors (Lipinski definition) is 5. The van der Waals surface area contributed by atoms with Crippen LogP contribution in [0.15, 0.2) is 48.8 Å². The van der Waals surface area contributed by atoms with E-state index in [1.54, 1.807) is 47.3 Å². The average Bonchev–Trinajstić information content (AvgIpc) is 3.12. The van der Waals surface area contributed by atoms with Crippen LogP contribution in [0.3, 0.4) is 0 Å². The highest BCUT2D eigenvalue weighted by Crippen LogP contribution is 2.25. The number of anilines is 3. The van der Waals surface area contributed by atoms with Gasteiger partial charge in [-0.2, -0.15) is 10.4 Å². The third kappa shape index (κ3) is 3.91. The van der Waals surface area contributed by atoms with E-state index in [2.05, 4.69) is 21.8 Å². The Morgan fingerprint density at radius 1 is 1.32 bits per heavy atom. The van der Waals surface area contributed by atoms with Crippen LogP contribution in [0.5, 0.6) is 0 Å². The third-order valence-corrected chi connectivity index (χ3v) is 4.35. The molecule has 0 aliphatic heterocycles. The number of carbonyl (C=O) groups is 1. The SMILES string of the molecule is CCc1c(C#N)cccc1C(=O)Nc1ccc(C=N)c(Nc2cnn(C)c2)c1. The first-order chi connectivity index (χ1) is 13.5. The summed E-state index contributed by atoms with van der Waals surface area (Å²) in [5, 5.41) is 27.1. The van der Waals surface area contributed by atoms with Crippen LogP contribution in [-0.4, -0.2) is 21.9 Å². The van der Waals surface area contributed by atoms with Crippen molar-refractivity contribution in [2.24, 2.45) is 7.05 Å². The van der Waals surface area contributed by atoms with Gasteiger partial charge in [-0.25, -0.2) is 0 Å². The van der Waals surface area contributed by atoms with Gasteiger partial charge in [-0.1, -0.05) is 13.0 Å². The Kier molecular flexibility index (Phi) is 5.51. The molecule has 0 saturated carbocycles. The Balaban J connectivity index is 1.89. The molecule has 0 bridgehead atoms. The van der Waals surface area contributed by atoms with E-state index in [0.717, 1.165) is 11.3 Å². The summed E-state index contributed by atoms with van der Waals surface area (Å²) in [6.45, 7) is 1.92. The van der Waals surface area contributed by atoms with Crippen LogP contribution in [0.1, 0.15) is 34.0 Å². The van der Waals surface area contributed by atoms with Gasteiger partial charge in [-0.15, -0.1) is 0 Å². The predicted octanol–water partition coefficient (Wildman–Crippen LogP) is 3.85. The zero-order chi connectivity index (χ0) is 20.1. The third-order valence-electron chi connectivity index (χ3n) is 4.35. The second-order valence-corrected chi connectivity index (χ2v) is 6.23. The van der Waals surface area contributed by atoms with Gasteiger partial charge < -0.3 is 16.0 Å². The molecule has 0 aliphatic rings. The summed E-state index contributed by atoms with van der Waals surface area (Å²) >= 11 is 0. The van der Waals surface area contributed by atoms with E-state index in [9.17, 15) is 10.1 Å². The van der Waals surface area contributed by atoms with Gasteiger partial charge in [0.15, 0.2) is 0 Å². The molecule has 7 nitrogen and oxygen atoms in total. The molecule has 0 saturated heterocycles. The van der Waals surface area contributed by atoms with Crippen molar-refractivity contribution in [3.63, 3.8) is 0 Å². The minimum absolute atomic E-state index is 0.274. The normalized spacial score (nSPS) is 10.2. The van der Waals surface area contributed by atoms with Gasteiger partial charge in [-0.3, -0.25) is 9.48 Å². The van der Waals surface area contributed by atoms with Gasteiger partial charge in [0.25, 0.3) is 5.91 Å². The van der Waals surface area contributed by atoms with Crippen molar-refractivity contribution in [3.8, 4) is 6.07 Å². The van der Waals surface area contributed by atoms with Crippen molar-refractivity contribution < 1.29 is 4.79 Å². The van der Waals surface area contributed by atoms with Crippen molar-refractivity contribution in [3.05, 3.63) is 71.0 Å². The van der Waals surface area contributed by atoms with Gasteiger partial charge in [0.2, 0.25) is 0 Å². The summed E-state index contributed by atoms with van der Waals surface area (Å²) in [5.74, 6) is -0.274. The Labute approximate surface area is 163 Å². The Hall–Kier alpha value is -3.92. The van der Waals surface area contributed by atoms with Crippen LogP contribution in [-0.2, 0) is 13.5 Å². The van der Waals surface area contributed by atoms with E-state index in [0.29, 0.717) is 34.5 Å². The summed E-state index contributed by atoms with van der Waals surface area (Å²) in [6.07, 6.45) is 5.34. The van der Waals surface area contributed by atoms with Gasteiger partial charge in [-0.05, 0) is 42.3 Å². The number of carbonyl (C=O) groups excluding carboxylic acids is 1. The molecule has 0 spiro atoms. The lowest BCUT2D eigenvalue weighted by molar-refractivity contribution is 0.102. The topological polar surface area (TPSA) is 107 Å². The number of nitrogens with one attached hydrogen (secondary N) is 3. The molecule has 140 valence electrons. The van der Waals surface area contributed by atoms with Crippen molar-refractivity contribution in [1.29, 1.82) is 10.7 Å². The lowest BCUT2D eigenvalue weighted by atomic mass is 9.99. The molecule has 3 rings (SSSR count). The van der Waals surface area contributed by atoms with Crippen molar-refractivity contribution in [2.75, 3.05) is 10.6 Å². The molecule has 1 aromatic heterocycles. The summed E-state index contributed by atoms with van der Waals surface area (Å²) in [7, 11) is 1.82. The molecule has 28 heavy (non-hydrogen) atoms. The molecule has 0 aliphatic carbocycles. The first-order valence-corrected chi connectivity index (χ1v) is 8.79. The van der Waals surface area contributed by atoms with Crippen molar-refractivity contribution in [1.82, 2.24) is 9.78 Å². The number of nitriles is 1. The summed E-state index contributed by atoms with van der Waals surface area (Å²) < 4.78 is 1.67. The van der Waals surface area contributed by atoms with E-state index >= 15 is 0 Å². The standard InChI is InChI=1S/C21H20N6O/c1-3-18-14(10-22)5-4-6-19(18)21(28)26-16-8-7-15(11-23)20(9-16)25-17-12-24-27(2)13-17/h4-9,11-13,23,25H,3H2,1-2H3,(H,26,28). The minimum atomic E-state index is -0.274. The number of benzene rings is 2. The number of amides is 1. The fourth-order valence-corrected chi connectivity index (χ4v) is 2.99. The Bertz CT molecular complexity index is 1080. The molecule has 1 heterocycles. The van der Waals surface area contributed by atoms with Crippen LogP contribution >= 0.6 is 0 Å². The van der Waals surface area contributed by atoms with Crippen LogP contribution in [0.25, 0.3) is 0 Å². The Morgan fingerprint density at radius 3 is 2.79 bits per heavy atom. The smallest absolute Gasteiger partial charge is 0.255 e. The monoisotopic (exact) mass is 372 g/mol. The van der Waals surface area contributed by atoms with E-state index in [1.807, 2.05) is 20.2 Å². The summed E-state index contributed by atoms with van der Waals surface area (Å²) in [5.41, 5.74) is 4.46. The van der Waals surface area contributed by atoms with E-state index in [1.165, 1.54) is 6.21 Å². The lowest BCUT2D eigenvalue weighted by Gasteiger charge is -2.13. The predicted molar refractivity (Wildman–Crippen MR) is 109 cm³/mol. The molecule has 0 fully saturated rings. The second-order valence-electron chi connectivity index (χ2n) is 6.23. The Morgan fingerprint density at radius 2 is 2.14 bits per heavy atom. The quantitative estimate of drug-likeness (QED) is 0.571. The molecular weight excluding hydrogens is 352 g/mol. The largest absolute Gasteiger partial charge is 0.352 e. The van der Waals surface area contributed by atoms with E-state index < -0.39 is 0 Å². The van der Waals surface area contributed by atoms with Gasteiger partial charge >= 0.3 is 0 Å². The molecular formula is C21H20N6O. The van der Waals surface area contributed by atoms with Gasteiger partial charge in [0.1, 0.15) is 0 Å². The number of aromatic nitrogens is 2. The van der Waals surface area contributed by atoms with Gasteiger partial charge in [0.05, 0.1) is 23.5 Å². The minimum Gasteiger partial charge on any atom is -0.352 e. The summed E-state index contributed by atoms with van der Waals surface area (Å²) in [4.78, 5) is 12.8. The molecule has 7 heteroatoms. The number of aryl methyl sites for hydroxylation is 1. The molecule has 1 amide bonds. The number of nitrogens with zero attached hydrogens (tertiary/aromatic N) is 3. The van der Waals surface area contributed by atoms with Crippen LogP contribution in [0, 0.1) is 16.7 Å². The van der Waals surface area contributed by atoms with Crippen LogP contribution in [0.2, 0.25) is 0 Å². The second kappa shape index (κ2) is 8.18. The highest BCUT2D eigenvalue weighted by molar-refractivity contribution is 6.06. The maximum absolute atomic E-state index is 12.8. The highest BCUT2D eigenvalue weighted by Gasteiger charge is 2.14. The van der Waals surface area contributed by atoms with Crippen molar-refractivity contribution in [2.45, 2.75) is 13.3 Å². The molecule has 0 radical (unpaired) electrons. The number of hydrogen-bond donors (Lipinski definition) is 3. The number of rotatable bonds is 6. The first-order valence-electron chi connectivity index (χ1n) is 8.79. The zero-order valence-electron chi connectivity index (χ0n) is 15.7. The molecule has 3 aromatic rings. The van der Waals surface area contributed by atoms with Crippen molar-refractivity contribution >= 4 is 29.2 Å². The zero-order valence-corrected chi connectivity index (χ0v) is 15.7. The molecule has 2 aromatic carbocycles. The maximum atomic E-state index is 12.8. The maximum Gasteiger partial charge on any atom is 0.255 e. The molecule has 0 unspecified atom stereocenters. The lowest BCUT2D eigenvalue weighted by Crippen LogP contribution is -2.15. The molecule has 3 N–H and O–H groups in total. The summed E-state index contributed by atoms with van der Waals surface area (Å²) in [6, 6.07) is 12.5. The van der Waals surface area contributed by atoms with E-state index in [4.69, 9.17) is 5.41 Å². The molecule has 0 atom stereocenters. The van der Waals surface area contributed by atoms with Crippen LogP contribution in [0.4, 0.5) is 17.1 Å². The van der Waals surface area contributed by atoms with Crippen LogP contribution < -0.4 is 10.6 Å². The van der Waals surface area contributed by atoms with Gasteiger partial charge in [0, 0.05) is 42.0 Å².